The van der Waals surface area contributed by atoms with Crippen LogP contribution in [0.3, 0.4) is 0 Å². The van der Waals surface area contributed by atoms with Gasteiger partial charge in [0.1, 0.15) is 0 Å². The Hall–Kier alpha value is -0.820. The first-order chi connectivity index (χ1) is 6.97. The Bertz CT molecular complexity index is 318. The molecule has 1 rings (SSSR count). The maximum Gasteiger partial charge on any atom is 0.0326 e. The SMILES string of the molecule is CCC(C)[C@@H](N)c1c(C)cc(C)cc1C. The highest BCUT2D eigenvalue weighted by Crippen LogP contribution is 2.28. The van der Waals surface area contributed by atoms with Crippen LogP contribution in [0.25, 0.3) is 0 Å². The van der Waals surface area contributed by atoms with Gasteiger partial charge in [0.2, 0.25) is 0 Å². The first-order valence-electron chi connectivity index (χ1n) is 5.80. The van der Waals surface area contributed by atoms with Crippen molar-refractivity contribution < 1.29 is 0 Å². The molecule has 2 atom stereocenters. The maximum atomic E-state index is 6.30. The molecule has 15 heavy (non-hydrogen) atoms. The third-order valence-corrected chi connectivity index (χ3v) is 3.33. The van der Waals surface area contributed by atoms with Crippen molar-refractivity contribution in [2.75, 3.05) is 0 Å². The number of rotatable bonds is 3. The molecule has 0 saturated heterocycles. The topological polar surface area (TPSA) is 26.0 Å². The zero-order chi connectivity index (χ0) is 11.6. The predicted octanol–water partition coefficient (Wildman–Crippen LogP) is 3.66. The average molecular weight is 205 g/mol. The molecule has 0 fully saturated rings. The van der Waals surface area contributed by atoms with E-state index in [9.17, 15) is 0 Å². The molecule has 84 valence electrons. The van der Waals surface area contributed by atoms with E-state index in [1.807, 2.05) is 0 Å². The van der Waals surface area contributed by atoms with Gasteiger partial charge in [-0.05, 0) is 43.4 Å². The second-order valence-electron chi connectivity index (χ2n) is 4.72. The van der Waals surface area contributed by atoms with Gasteiger partial charge in [0.15, 0.2) is 0 Å². The molecule has 1 aromatic rings. The molecule has 0 spiro atoms. The van der Waals surface area contributed by atoms with Crippen LogP contribution in [0.5, 0.6) is 0 Å². The summed E-state index contributed by atoms with van der Waals surface area (Å²) in [6.07, 6.45) is 1.13. The fourth-order valence-electron chi connectivity index (χ4n) is 2.26. The highest BCUT2D eigenvalue weighted by molar-refractivity contribution is 5.39. The summed E-state index contributed by atoms with van der Waals surface area (Å²) in [5.74, 6) is 0.546. The molecule has 0 aliphatic rings. The van der Waals surface area contributed by atoms with Gasteiger partial charge >= 0.3 is 0 Å². The van der Waals surface area contributed by atoms with E-state index >= 15 is 0 Å². The van der Waals surface area contributed by atoms with Crippen LogP contribution in [0.15, 0.2) is 12.1 Å². The van der Waals surface area contributed by atoms with Crippen LogP contribution >= 0.6 is 0 Å². The molecule has 1 aromatic carbocycles. The van der Waals surface area contributed by atoms with E-state index in [2.05, 4.69) is 46.8 Å². The van der Waals surface area contributed by atoms with Gasteiger partial charge in [-0.2, -0.15) is 0 Å². The lowest BCUT2D eigenvalue weighted by Crippen LogP contribution is -2.20. The molecule has 0 radical (unpaired) electrons. The van der Waals surface area contributed by atoms with Crippen LogP contribution in [0.4, 0.5) is 0 Å². The molecule has 1 heteroatoms. The van der Waals surface area contributed by atoms with Crippen LogP contribution in [0.2, 0.25) is 0 Å². The van der Waals surface area contributed by atoms with E-state index in [0.717, 1.165) is 6.42 Å². The minimum absolute atomic E-state index is 0.176. The van der Waals surface area contributed by atoms with Crippen LogP contribution in [-0.2, 0) is 0 Å². The Balaban J connectivity index is 3.13. The zero-order valence-electron chi connectivity index (χ0n) is 10.6. The van der Waals surface area contributed by atoms with Crippen molar-refractivity contribution in [1.29, 1.82) is 0 Å². The van der Waals surface area contributed by atoms with Gasteiger partial charge in [0, 0.05) is 6.04 Å². The third kappa shape index (κ3) is 2.60. The van der Waals surface area contributed by atoms with Crippen molar-refractivity contribution in [2.24, 2.45) is 11.7 Å². The maximum absolute atomic E-state index is 6.30. The Morgan fingerprint density at radius 3 is 2.00 bits per heavy atom. The van der Waals surface area contributed by atoms with Crippen molar-refractivity contribution >= 4 is 0 Å². The fraction of sp³-hybridized carbons (Fsp3) is 0.571. The van der Waals surface area contributed by atoms with Crippen molar-refractivity contribution in [3.8, 4) is 0 Å². The molecule has 0 aliphatic carbocycles. The van der Waals surface area contributed by atoms with Crippen molar-refractivity contribution in [3.63, 3.8) is 0 Å². The Labute approximate surface area is 93.7 Å². The Morgan fingerprint density at radius 2 is 1.60 bits per heavy atom. The Morgan fingerprint density at radius 1 is 1.13 bits per heavy atom. The number of aryl methyl sites for hydroxylation is 3. The summed E-state index contributed by atoms with van der Waals surface area (Å²) in [6, 6.07) is 4.63. The Kier molecular flexibility index (Phi) is 3.92. The lowest BCUT2D eigenvalue weighted by molar-refractivity contribution is 0.454. The lowest BCUT2D eigenvalue weighted by Gasteiger charge is -2.23. The summed E-state index contributed by atoms with van der Waals surface area (Å²) in [5.41, 5.74) is 11.6. The van der Waals surface area contributed by atoms with E-state index < -0.39 is 0 Å². The van der Waals surface area contributed by atoms with Crippen LogP contribution in [-0.4, -0.2) is 0 Å². The van der Waals surface area contributed by atoms with Crippen molar-refractivity contribution in [2.45, 2.75) is 47.1 Å². The van der Waals surface area contributed by atoms with Gasteiger partial charge < -0.3 is 5.73 Å². The van der Waals surface area contributed by atoms with E-state index in [4.69, 9.17) is 5.73 Å². The summed E-state index contributed by atoms with van der Waals surface area (Å²) in [6.45, 7) is 10.9. The van der Waals surface area contributed by atoms with Gasteiger partial charge in [-0.15, -0.1) is 0 Å². The molecule has 2 N–H and O–H groups in total. The molecule has 0 amide bonds. The second-order valence-corrected chi connectivity index (χ2v) is 4.72. The quantitative estimate of drug-likeness (QED) is 0.800. The van der Waals surface area contributed by atoms with Crippen LogP contribution in [0.1, 0.15) is 48.6 Å². The smallest absolute Gasteiger partial charge is 0.0326 e. The van der Waals surface area contributed by atoms with Crippen molar-refractivity contribution in [1.82, 2.24) is 0 Å². The summed E-state index contributed by atoms with van der Waals surface area (Å²) in [7, 11) is 0. The monoisotopic (exact) mass is 205 g/mol. The van der Waals surface area contributed by atoms with E-state index in [-0.39, 0.29) is 6.04 Å². The number of nitrogens with two attached hydrogens (primary N) is 1. The molecule has 0 bridgehead atoms. The summed E-state index contributed by atoms with van der Waals surface area (Å²) in [5, 5.41) is 0. The molecular formula is C14H23N. The number of hydrogen-bond acceptors (Lipinski definition) is 1. The zero-order valence-corrected chi connectivity index (χ0v) is 10.6. The molecular weight excluding hydrogens is 182 g/mol. The molecule has 1 nitrogen and oxygen atoms in total. The van der Waals surface area contributed by atoms with Crippen LogP contribution in [0, 0.1) is 26.7 Å². The van der Waals surface area contributed by atoms with Gasteiger partial charge in [-0.1, -0.05) is 38.0 Å². The second kappa shape index (κ2) is 4.80. The van der Waals surface area contributed by atoms with Crippen molar-refractivity contribution in [3.05, 3.63) is 34.4 Å². The predicted molar refractivity (Wildman–Crippen MR) is 67.0 cm³/mol. The van der Waals surface area contributed by atoms with Gasteiger partial charge in [0.25, 0.3) is 0 Å². The number of hydrogen-bond donors (Lipinski definition) is 1. The fourth-order valence-corrected chi connectivity index (χ4v) is 2.26. The normalized spacial score (nSPS) is 15.1. The van der Waals surface area contributed by atoms with Gasteiger partial charge in [0.05, 0.1) is 0 Å². The first-order valence-corrected chi connectivity index (χ1v) is 5.80. The molecule has 0 aromatic heterocycles. The minimum Gasteiger partial charge on any atom is -0.324 e. The summed E-state index contributed by atoms with van der Waals surface area (Å²) in [4.78, 5) is 0. The van der Waals surface area contributed by atoms with Gasteiger partial charge in [-0.25, -0.2) is 0 Å². The highest BCUT2D eigenvalue weighted by Gasteiger charge is 2.17. The average Bonchev–Trinajstić information content (AvgIpc) is 2.14. The minimum atomic E-state index is 0.176. The largest absolute Gasteiger partial charge is 0.324 e. The summed E-state index contributed by atoms with van der Waals surface area (Å²) >= 11 is 0. The van der Waals surface area contributed by atoms with E-state index in [1.54, 1.807) is 0 Å². The number of benzene rings is 1. The standard InChI is InChI=1S/C14H23N/c1-6-10(3)14(15)13-11(4)7-9(2)8-12(13)5/h7-8,10,14H,6,15H2,1-5H3/t10?,14-/m1/s1. The van der Waals surface area contributed by atoms with Crippen LogP contribution < -0.4 is 5.73 Å². The molecule has 1 unspecified atom stereocenters. The lowest BCUT2D eigenvalue weighted by atomic mass is 9.87. The molecule has 0 heterocycles. The molecule has 0 aliphatic heterocycles. The molecule has 0 saturated carbocycles. The summed E-state index contributed by atoms with van der Waals surface area (Å²) < 4.78 is 0. The third-order valence-electron chi connectivity index (χ3n) is 3.33. The van der Waals surface area contributed by atoms with E-state index in [0.29, 0.717) is 5.92 Å². The highest BCUT2D eigenvalue weighted by atomic mass is 14.6. The first kappa shape index (κ1) is 12.3. The van der Waals surface area contributed by atoms with Gasteiger partial charge in [-0.3, -0.25) is 0 Å². The van der Waals surface area contributed by atoms with E-state index in [1.165, 1.54) is 22.3 Å².